The Kier molecular flexibility index (Phi) is 5.17. The molecule has 1 aliphatic heterocycles. The summed E-state index contributed by atoms with van der Waals surface area (Å²) in [7, 11) is 0. The Hall–Kier alpha value is -0.0400. The first-order valence-corrected chi connectivity index (χ1v) is 13.1. The van der Waals surface area contributed by atoms with Crippen molar-refractivity contribution in [3.8, 4) is 0 Å². The van der Waals surface area contributed by atoms with Crippen molar-refractivity contribution in [3.05, 3.63) is 0 Å². The highest BCUT2D eigenvalue weighted by molar-refractivity contribution is 5.12. The molecule has 0 N–H and O–H groups in total. The molecule has 5 rings (SSSR count). The molecule has 28 heavy (non-hydrogen) atoms. The Morgan fingerprint density at radius 2 is 1.71 bits per heavy atom. The summed E-state index contributed by atoms with van der Waals surface area (Å²) in [6.45, 7) is 11.2. The second-order valence-corrected chi connectivity index (χ2v) is 12.6. The van der Waals surface area contributed by atoms with E-state index in [1.165, 1.54) is 64.2 Å². The van der Waals surface area contributed by atoms with Crippen molar-refractivity contribution in [1.29, 1.82) is 0 Å². The summed E-state index contributed by atoms with van der Waals surface area (Å²) in [6, 6.07) is 0. The van der Waals surface area contributed by atoms with E-state index in [2.05, 4.69) is 27.7 Å². The fourth-order valence-electron chi connectivity index (χ4n) is 9.77. The molecule has 0 aromatic rings. The third-order valence-corrected chi connectivity index (χ3v) is 11.1. The lowest BCUT2D eigenvalue weighted by Gasteiger charge is -2.60. The molecule has 5 fully saturated rings. The SMILES string of the molecule is CC(C)CCC[C@H](C)[C@@H]1CC[C@@H]2[C@H]3CC[C@H]4CC[C@H]5C[C@@]4(CO5)[C@@H]3CC[C@@]21C. The van der Waals surface area contributed by atoms with Crippen LogP contribution in [0.2, 0.25) is 0 Å². The minimum atomic E-state index is 0.605. The van der Waals surface area contributed by atoms with E-state index in [1.807, 2.05) is 0 Å². The van der Waals surface area contributed by atoms with Gasteiger partial charge in [-0.25, -0.2) is 0 Å². The van der Waals surface area contributed by atoms with E-state index in [-0.39, 0.29) is 0 Å². The molecule has 1 nitrogen and oxygen atoms in total. The average Bonchev–Trinajstić information content (AvgIpc) is 3.18. The quantitative estimate of drug-likeness (QED) is 0.475. The number of fused-ring (bicyclic) bond motifs is 4. The highest BCUT2D eigenvalue weighted by Gasteiger charge is 2.63. The monoisotopic (exact) mass is 386 g/mol. The van der Waals surface area contributed by atoms with Crippen LogP contribution in [-0.2, 0) is 4.74 Å². The molecule has 0 radical (unpaired) electrons. The molecular formula is C27H46O. The zero-order valence-electron chi connectivity index (χ0n) is 19.2. The maximum absolute atomic E-state index is 6.35. The molecule has 1 spiro atoms. The Labute approximate surface area is 174 Å². The Bertz CT molecular complexity index is 569. The van der Waals surface area contributed by atoms with Gasteiger partial charge in [0.25, 0.3) is 0 Å². The zero-order valence-corrected chi connectivity index (χ0v) is 19.2. The molecule has 1 heterocycles. The first-order valence-electron chi connectivity index (χ1n) is 13.1. The predicted octanol–water partition coefficient (Wildman–Crippen LogP) is 7.49. The van der Waals surface area contributed by atoms with E-state index in [0.29, 0.717) is 16.9 Å². The van der Waals surface area contributed by atoms with Crippen LogP contribution in [0, 0.1) is 52.3 Å². The third kappa shape index (κ3) is 2.96. The highest BCUT2D eigenvalue weighted by Crippen LogP contribution is 2.69. The maximum Gasteiger partial charge on any atom is 0.0581 e. The van der Waals surface area contributed by atoms with Gasteiger partial charge in [-0.05, 0) is 105 Å². The van der Waals surface area contributed by atoms with Crippen LogP contribution in [0.15, 0.2) is 0 Å². The fraction of sp³-hybridized carbons (Fsp3) is 1.00. The maximum atomic E-state index is 6.35. The minimum Gasteiger partial charge on any atom is -0.378 e. The zero-order chi connectivity index (χ0) is 19.5. The van der Waals surface area contributed by atoms with Gasteiger partial charge in [0.15, 0.2) is 0 Å². The molecule has 9 atom stereocenters. The van der Waals surface area contributed by atoms with E-state index in [9.17, 15) is 0 Å². The largest absolute Gasteiger partial charge is 0.378 e. The lowest BCUT2D eigenvalue weighted by atomic mass is 9.44. The molecule has 4 aliphatic carbocycles. The molecule has 4 saturated carbocycles. The molecular weight excluding hydrogens is 340 g/mol. The number of ether oxygens (including phenoxy) is 1. The number of hydrogen-bond acceptors (Lipinski definition) is 1. The van der Waals surface area contributed by atoms with Crippen molar-refractivity contribution < 1.29 is 4.74 Å². The van der Waals surface area contributed by atoms with Gasteiger partial charge in [-0.2, -0.15) is 0 Å². The van der Waals surface area contributed by atoms with Crippen molar-refractivity contribution in [3.63, 3.8) is 0 Å². The molecule has 0 aromatic heterocycles. The van der Waals surface area contributed by atoms with E-state index in [4.69, 9.17) is 4.74 Å². The van der Waals surface area contributed by atoms with Gasteiger partial charge in [-0.3, -0.25) is 0 Å². The molecule has 5 aliphatic rings. The molecule has 160 valence electrons. The molecule has 1 heteroatoms. The van der Waals surface area contributed by atoms with Crippen LogP contribution in [0.25, 0.3) is 0 Å². The predicted molar refractivity (Wildman–Crippen MR) is 117 cm³/mol. The van der Waals surface area contributed by atoms with Crippen molar-refractivity contribution in [2.45, 2.75) is 111 Å². The normalized spacial score (nSPS) is 50.9. The van der Waals surface area contributed by atoms with Crippen LogP contribution in [0.5, 0.6) is 0 Å². The molecule has 2 bridgehead atoms. The van der Waals surface area contributed by atoms with Gasteiger partial charge in [-0.1, -0.05) is 47.0 Å². The van der Waals surface area contributed by atoms with Gasteiger partial charge in [0.05, 0.1) is 12.7 Å². The van der Waals surface area contributed by atoms with Gasteiger partial charge in [0.1, 0.15) is 0 Å². The van der Waals surface area contributed by atoms with Gasteiger partial charge >= 0.3 is 0 Å². The van der Waals surface area contributed by atoms with Crippen molar-refractivity contribution >= 4 is 0 Å². The van der Waals surface area contributed by atoms with Gasteiger partial charge < -0.3 is 4.74 Å². The topological polar surface area (TPSA) is 9.23 Å². The van der Waals surface area contributed by atoms with Crippen molar-refractivity contribution in [2.24, 2.45) is 52.3 Å². The molecule has 1 saturated heterocycles. The summed E-state index contributed by atoms with van der Waals surface area (Å²) in [6.07, 6.45) is 18.4. The van der Waals surface area contributed by atoms with Gasteiger partial charge in [-0.15, -0.1) is 0 Å². The summed E-state index contributed by atoms with van der Waals surface area (Å²) in [5.74, 6) is 6.88. The van der Waals surface area contributed by atoms with E-state index in [0.717, 1.165) is 48.0 Å². The molecule has 0 amide bonds. The lowest BCUT2D eigenvalue weighted by molar-refractivity contribution is -0.111. The summed E-state index contributed by atoms with van der Waals surface area (Å²) in [5.41, 5.74) is 1.25. The second kappa shape index (κ2) is 7.28. The van der Waals surface area contributed by atoms with E-state index < -0.39 is 0 Å². The first kappa shape index (κ1) is 19.9. The number of hydrogen-bond donors (Lipinski definition) is 0. The Balaban J connectivity index is 1.31. The fourth-order valence-corrected chi connectivity index (χ4v) is 9.77. The highest BCUT2D eigenvalue weighted by atomic mass is 16.5. The minimum absolute atomic E-state index is 0.605. The lowest BCUT2D eigenvalue weighted by Crippen LogP contribution is -2.54. The molecule has 0 unspecified atom stereocenters. The van der Waals surface area contributed by atoms with Crippen LogP contribution in [0.1, 0.15) is 105 Å². The first-order chi connectivity index (χ1) is 13.4. The van der Waals surface area contributed by atoms with Crippen LogP contribution < -0.4 is 0 Å². The summed E-state index contributed by atoms with van der Waals surface area (Å²) >= 11 is 0. The third-order valence-electron chi connectivity index (χ3n) is 11.1. The average molecular weight is 387 g/mol. The molecule has 0 aromatic carbocycles. The van der Waals surface area contributed by atoms with Crippen LogP contribution in [0.3, 0.4) is 0 Å². The van der Waals surface area contributed by atoms with E-state index >= 15 is 0 Å². The Morgan fingerprint density at radius 1 is 0.893 bits per heavy atom. The summed E-state index contributed by atoms with van der Waals surface area (Å²) in [5, 5.41) is 0. The van der Waals surface area contributed by atoms with E-state index in [1.54, 1.807) is 12.8 Å². The standard InChI is InChI=1S/C27H46O/c1-18(2)6-5-7-19(3)23-12-13-24-22-11-9-20-8-10-21-16-27(20,17-28-21)25(22)14-15-26(23,24)4/h18-25H,5-17H2,1-4H3/t19-,20+,21-,22+,23-,24+,25+,26+,27-/m0/s1. The van der Waals surface area contributed by atoms with Crippen molar-refractivity contribution in [1.82, 2.24) is 0 Å². The summed E-state index contributed by atoms with van der Waals surface area (Å²) < 4.78 is 6.35. The van der Waals surface area contributed by atoms with Crippen LogP contribution in [-0.4, -0.2) is 12.7 Å². The van der Waals surface area contributed by atoms with Crippen LogP contribution in [0.4, 0.5) is 0 Å². The second-order valence-electron chi connectivity index (χ2n) is 12.6. The number of rotatable bonds is 5. The smallest absolute Gasteiger partial charge is 0.0581 e. The van der Waals surface area contributed by atoms with Gasteiger partial charge in [0, 0.05) is 5.41 Å². The Morgan fingerprint density at radius 3 is 2.54 bits per heavy atom. The van der Waals surface area contributed by atoms with Crippen molar-refractivity contribution in [2.75, 3.05) is 6.61 Å². The summed E-state index contributed by atoms with van der Waals surface area (Å²) in [4.78, 5) is 0. The van der Waals surface area contributed by atoms with Crippen LogP contribution >= 0.6 is 0 Å². The van der Waals surface area contributed by atoms with Gasteiger partial charge in [0.2, 0.25) is 0 Å².